The highest BCUT2D eigenvalue weighted by atomic mass is 16.5. The first-order chi connectivity index (χ1) is 16.0. The molecule has 4 aromatic rings. The van der Waals surface area contributed by atoms with Gasteiger partial charge in [-0.2, -0.15) is 0 Å². The number of aromatic carboxylic acids is 1. The largest absolute Gasteiger partial charge is 0.489 e. The quantitative estimate of drug-likeness (QED) is 0.337. The van der Waals surface area contributed by atoms with Crippen LogP contribution in [0, 0.1) is 12.3 Å². The van der Waals surface area contributed by atoms with E-state index in [1.165, 1.54) is 0 Å². The van der Waals surface area contributed by atoms with Gasteiger partial charge in [0.05, 0.1) is 11.3 Å². The first-order valence-electron chi connectivity index (χ1n) is 10.3. The van der Waals surface area contributed by atoms with Gasteiger partial charge < -0.3 is 24.5 Å². The first-order valence-corrected chi connectivity index (χ1v) is 10.3. The number of ether oxygens (including phenoxy) is 2. The Labute approximate surface area is 190 Å². The fraction of sp³-hybridized carbons (Fsp3) is 0.115. The van der Waals surface area contributed by atoms with E-state index < -0.39 is 5.97 Å². The summed E-state index contributed by atoms with van der Waals surface area (Å²) in [5.74, 6) is 0.650. The van der Waals surface area contributed by atoms with Crippen LogP contribution in [-0.4, -0.2) is 28.6 Å². The molecular weight excluding hydrogens is 420 g/mol. The predicted molar refractivity (Wildman–Crippen MR) is 123 cm³/mol. The van der Waals surface area contributed by atoms with Crippen LogP contribution in [0.3, 0.4) is 0 Å². The lowest BCUT2D eigenvalue weighted by Crippen LogP contribution is -2.11. The van der Waals surface area contributed by atoms with E-state index in [1.54, 1.807) is 31.2 Å². The van der Waals surface area contributed by atoms with Crippen LogP contribution in [-0.2, 0) is 6.61 Å². The van der Waals surface area contributed by atoms with Crippen molar-refractivity contribution in [3.63, 3.8) is 0 Å². The lowest BCUT2D eigenvalue weighted by Gasteiger charge is -2.10. The highest BCUT2D eigenvalue weighted by Gasteiger charge is 2.20. The van der Waals surface area contributed by atoms with Crippen LogP contribution in [0.4, 0.5) is 0 Å². The molecule has 0 radical (unpaired) electrons. The van der Waals surface area contributed by atoms with Crippen molar-refractivity contribution < 1.29 is 23.9 Å². The number of aryl methyl sites for hydroxylation is 1. The van der Waals surface area contributed by atoms with Gasteiger partial charge in [-0.1, -0.05) is 59.8 Å². The summed E-state index contributed by atoms with van der Waals surface area (Å²) in [6, 6.07) is 24.1. The highest BCUT2D eigenvalue weighted by Crippen LogP contribution is 2.29. The number of carboxylic acid groups (broad SMARTS) is 1. The summed E-state index contributed by atoms with van der Waals surface area (Å²) in [5, 5.41) is 21.0. The number of nitrogens with one attached hydrogen (secondary N) is 1. The third-order valence-electron chi connectivity index (χ3n) is 5.04. The second-order valence-corrected chi connectivity index (χ2v) is 7.36. The molecule has 0 saturated heterocycles. The number of rotatable bonds is 9. The maximum Gasteiger partial charge on any atom is 0.358 e. The number of benzene rings is 3. The van der Waals surface area contributed by atoms with E-state index in [9.17, 15) is 9.90 Å². The van der Waals surface area contributed by atoms with Crippen molar-refractivity contribution in [3.05, 3.63) is 101 Å². The van der Waals surface area contributed by atoms with E-state index in [0.717, 1.165) is 11.1 Å². The van der Waals surface area contributed by atoms with Crippen molar-refractivity contribution in [2.75, 3.05) is 6.61 Å². The fourth-order valence-corrected chi connectivity index (χ4v) is 3.30. The van der Waals surface area contributed by atoms with Gasteiger partial charge in [0.15, 0.2) is 5.69 Å². The molecule has 0 fully saturated rings. The lowest BCUT2D eigenvalue weighted by atomic mass is 10.0. The van der Waals surface area contributed by atoms with Gasteiger partial charge in [-0.05, 0) is 47.9 Å². The maximum atomic E-state index is 11.3. The van der Waals surface area contributed by atoms with E-state index in [1.807, 2.05) is 54.6 Å². The van der Waals surface area contributed by atoms with Crippen molar-refractivity contribution >= 4 is 11.7 Å². The van der Waals surface area contributed by atoms with Gasteiger partial charge in [-0.3, -0.25) is 0 Å². The van der Waals surface area contributed by atoms with E-state index in [0.29, 0.717) is 40.7 Å². The first kappa shape index (κ1) is 21.8. The van der Waals surface area contributed by atoms with E-state index >= 15 is 0 Å². The van der Waals surface area contributed by atoms with Crippen LogP contribution < -0.4 is 9.47 Å². The van der Waals surface area contributed by atoms with Crippen LogP contribution in [0.1, 0.15) is 27.4 Å². The van der Waals surface area contributed by atoms with Crippen molar-refractivity contribution in [1.29, 1.82) is 5.41 Å². The molecule has 3 aromatic carbocycles. The smallest absolute Gasteiger partial charge is 0.358 e. The Morgan fingerprint density at radius 1 is 0.939 bits per heavy atom. The minimum Gasteiger partial charge on any atom is -0.489 e. The molecule has 166 valence electrons. The van der Waals surface area contributed by atoms with Gasteiger partial charge in [0.2, 0.25) is 0 Å². The molecule has 0 atom stereocenters. The minimum absolute atomic E-state index is 0.109. The average Bonchev–Trinajstić information content (AvgIpc) is 3.24. The Bertz CT molecular complexity index is 1250. The average molecular weight is 442 g/mol. The molecule has 2 N–H and O–H groups in total. The molecule has 0 aliphatic rings. The molecule has 0 spiro atoms. The standard InChI is InChI=1S/C26H22N2O5/c1-17-24(25(26(29)30)28-33-17)20-9-13-22(14-10-20)31-15-18-7-11-21(12-8-18)32-16-23(27)19-5-3-2-4-6-19/h2-14,27H,15-16H2,1H3,(H,29,30). The molecule has 7 nitrogen and oxygen atoms in total. The molecule has 1 aromatic heterocycles. The van der Waals surface area contributed by atoms with E-state index in [-0.39, 0.29) is 12.3 Å². The molecule has 0 aliphatic heterocycles. The summed E-state index contributed by atoms with van der Waals surface area (Å²) in [4.78, 5) is 11.3. The van der Waals surface area contributed by atoms with Crippen LogP contribution in [0.2, 0.25) is 0 Å². The molecule has 0 aliphatic carbocycles. The van der Waals surface area contributed by atoms with Crippen LogP contribution >= 0.6 is 0 Å². The summed E-state index contributed by atoms with van der Waals surface area (Å²) in [5.41, 5.74) is 3.27. The van der Waals surface area contributed by atoms with Gasteiger partial charge in [0.1, 0.15) is 30.5 Å². The fourth-order valence-electron chi connectivity index (χ4n) is 3.30. The molecule has 0 bridgehead atoms. The lowest BCUT2D eigenvalue weighted by molar-refractivity contribution is 0.0686. The molecule has 0 unspecified atom stereocenters. The van der Waals surface area contributed by atoms with Crippen LogP contribution in [0.25, 0.3) is 11.1 Å². The van der Waals surface area contributed by atoms with Crippen molar-refractivity contribution in [3.8, 4) is 22.6 Å². The SMILES string of the molecule is Cc1onc(C(=O)O)c1-c1ccc(OCc2ccc(OCC(=N)c3ccccc3)cc2)cc1. The topological polar surface area (TPSA) is 106 Å². The molecule has 0 amide bonds. The Balaban J connectivity index is 1.32. The number of carboxylic acids is 1. The normalized spacial score (nSPS) is 10.6. The second-order valence-electron chi connectivity index (χ2n) is 7.36. The molecule has 0 saturated carbocycles. The second kappa shape index (κ2) is 9.82. The van der Waals surface area contributed by atoms with Crippen LogP contribution in [0.5, 0.6) is 11.5 Å². The minimum atomic E-state index is -1.13. The van der Waals surface area contributed by atoms with Crippen molar-refractivity contribution in [2.45, 2.75) is 13.5 Å². The number of aromatic nitrogens is 1. The summed E-state index contributed by atoms with van der Waals surface area (Å²) >= 11 is 0. The Hall–Kier alpha value is -4.39. The van der Waals surface area contributed by atoms with Gasteiger partial charge >= 0.3 is 5.97 Å². The van der Waals surface area contributed by atoms with Gasteiger partial charge in [-0.15, -0.1) is 0 Å². The van der Waals surface area contributed by atoms with Crippen LogP contribution in [0.15, 0.2) is 83.4 Å². The number of carbonyl (C=O) groups is 1. The number of nitrogens with zero attached hydrogens (tertiary/aromatic N) is 1. The Kier molecular flexibility index (Phi) is 6.50. The predicted octanol–water partition coefficient (Wildman–Crippen LogP) is 5.37. The monoisotopic (exact) mass is 442 g/mol. The molecule has 7 heteroatoms. The van der Waals surface area contributed by atoms with E-state index in [2.05, 4.69) is 5.16 Å². The number of hydrogen-bond donors (Lipinski definition) is 2. The van der Waals surface area contributed by atoms with Gasteiger partial charge in [0, 0.05) is 0 Å². The summed E-state index contributed by atoms with van der Waals surface area (Å²) < 4.78 is 16.6. The van der Waals surface area contributed by atoms with Gasteiger partial charge in [0.25, 0.3) is 0 Å². The molecule has 33 heavy (non-hydrogen) atoms. The summed E-state index contributed by atoms with van der Waals surface area (Å²) in [6.45, 7) is 2.24. The molecular formula is C26H22N2O5. The Morgan fingerprint density at radius 3 is 2.24 bits per heavy atom. The Morgan fingerprint density at radius 2 is 1.58 bits per heavy atom. The number of hydrogen-bond acceptors (Lipinski definition) is 6. The van der Waals surface area contributed by atoms with E-state index in [4.69, 9.17) is 19.4 Å². The molecule has 4 rings (SSSR count). The third-order valence-corrected chi connectivity index (χ3v) is 5.04. The molecule has 1 heterocycles. The highest BCUT2D eigenvalue weighted by molar-refractivity contribution is 5.99. The third kappa shape index (κ3) is 5.27. The summed E-state index contributed by atoms with van der Waals surface area (Å²) in [7, 11) is 0. The maximum absolute atomic E-state index is 11.3. The zero-order valence-electron chi connectivity index (χ0n) is 17.9. The van der Waals surface area contributed by atoms with Gasteiger partial charge in [-0.25, -0.2) is 4.79 Å². The van der Waals surface area contributed by atoms with Crippen molar-refractivity contribution in [2.24, 2.45) is 0 Å². The zero-order valence-corrected chi connectivity index (χ0v) is 17.9. The summed E-state index contributed by atoms with van der Waals surface area (Å²) in [6.07, 6.45) is 0. The zero-order chi connectivity index (χ0) is 23.2. The van der Waals surface area contributed by atoms with Crippen molar-refractivity contribution in [1.82, 2.24) is 5.16 Å².